The summed E-state index contributed by atoms with van der Waals surface area (Å²) in [6, 6.07) is 2.48. The van der Waals surface area contributed by atoms with Crippen LogP contribution in [0.1, 0.15) is 17.4 Å². The predicted octanol–water partition coefficient (Wildman–Crippen LogP) is 1.31. The van der Waals surface area contributed by atoms with Crippen LogP contribution in [-0.2, 0) is 11.3 Å². The number of thiophene rings is 1. The maximum Gasteiger partial charge on any atom is 0.104 e. The van der Waals surface area contributed by atoms with Crippen LogP contribution >= 0.6 is 11.3 Å². The van der Waals surface area contributed by atoms with Crippen LogP contribution in [0.3, 0.4) is 0 Å². The van der Waals surface area contributed by atoms with E-state index in [0.29, 0.717) is 6.04 Å². The monoisotopic (exact) mass is 251 g/mol. The SMILES string of the molecule is CC1COCCN1Cc1sccc1C#CCO. The van der Waals surface area contributed by atoms with Crippen molar-refractivity contribution in [1.29, 1.82) is 0 Å². The van der Waals surface area contributed by atoms with Gasteiger partial charge in [-0.2, -0.15) is 0 Å². The quantitative estimate of drug-likeness (QED) is 0.805. The lowest BCUT2D eigenvalue weighted by Crippen LogP contribution is -2.42. The Morgan fingerprint density at radius 2 is 2.53 bits per heavy atom. The van der Waals surface area contributed by atoms with Crippen LogP contribution in [0.4, 0.5) is 0 Å². The molecular weight excluding hydrogens is 234 g/mol. The number of hydrogen-bond donors (Lipinski definition) is 1. The van der Waals surface area contributed by atoms with Crippen LogP contribution in [0, 0.1) is 11.8 Å². The fraction of sp³-hybridized carbons (Fsp3) is 0.538. The second kappa shape index (κ2) is 6.18. The van der Waals surface area contributed by atoms with Gasteiger partial charge in [0.2, 0.25) is 0 Å². The van der Waals surface area contributed by atoms with Gasteiger partial charge in [-0.25, -0.2) is 0 Å². The van der Waals surface area contributed by atoms with Crippen LogP contribution < -0.4 is 0 Å². The molecule has 0 aromatic carbocycles. The van der Waals surface area contributed by atoms with Crippen molar-refractivity contribution in [3.63, 3.8) is 0 Å². The maximum atomic E-state index is 8.72. The van der Waals surface area contributed by atoms with Gasteiger partial charge in [-0.15, -0.1) is 11.3 Å². The highest BCUT2D eigenvalue weighted by molar-refractivity contribution is 7.10. The van der Waals surface area contributed by atoms with Crippen molar-refractivity contribution in [3.8, 4) is 11.8 Å². The van der Waals surface area contributed by atoms with E-state index in [9.17, 15) is 0 Å². The van der Waals surface area contributed by atoms with E-state index < -0.39 is 0 Å². The molecule has 0 amide bonds. The van der Waals surface area contributed by atoms with E-state index >= 15 is 0 Å². The van der Waals surface area contributed by atoms with Crippen LogP contribution in [0.15, 0.2) is 11.4 Å². The molecular formula is C13H17NO2S. The summed E-state index contributed by atoms with van der Waals surface area (Å²) in [7, 11) is 0. The lowest BCUT2D eigenvalue weighted by molar-refractivity contribution is -0.00393. The minimum Gasteiger partial charge on any atom is -0.384 e. The number of morpholine rings is 1. The normalized spacial score (nSPS) is 20.9. The highest BCUT2D eigenvalue weighted by Gasteiger charge is 2.19. The van der Waals surface area contributed by atoms with Crippen LogP contribution in [-0.4, -0.2) is 42.4 Å². The maximum absolute atomic E-state index is 8.72. The largest absolute Gasteiger partial charge is 0.384 e. The first-order valence-electron chi connectivity index (χ1n) is 5.79. The fourth-order valence-corrected chi connectivity index (χ4v) is 2.74. The Kier molecular flexibility index (Phi) is 4.57. The van der Waals surface area contributed by atoms with Crippen LogP contribution in [0.25, 0.3) is 0 Å². The molecule has 0 saturated carbocycles. The van der Waals surface area contributed by atoms with Gasteiger partial charge < -0.3 is 9.84 Å². The topological polar surface area (TPSA) is 32.7 Å². The molecule has 0 radical (unpaired) electrons. The summed E-state index contributed by atoms with van der Waals surface area (Å²) in [6.45, 7) is 5.63. The summed E-state index contributed by atoms with van der Waals surface area (Å²) in [5.41, 5.74) is 1.04. The molecule has 1 aromatic rings. The Balaban J connectivity index is 2.05. The van der Waals surface area contributed by atoms with Gasteiger partial charge in [0, 0.05) is 29.6 Å². The van der Waals surface area contributed by atoms with Crippen molar-refractivity contribution in [1.82, 2.24) is 4.90 Å². The average molecular weight is 251 g/mol. The van der Waals surface area contributed by atoms with E-state index in [1.165, 1.54) is 4.88 Å². The molecule has 1 saturated heterocycles. The second-order valence-electron chi connectivity index (χ2n) is 4.11. The Bertz CT molecular complexity index is 419. The van der Waals surface area contributed by atoms with Gasteiger partial charge in [-0.05, 0) is 18.4 Å². The Morgan fingerprint density at radius 1 is 1.65 bits per heavy atom. The Hall–Kier alpha value is -0.860. The Morgan fingerprint density at radius 3 is 3.29 bits per heavy atom. The first-order chi connectivity index (χ1) is 8.31. The van der Waals surface area contributed by atoms with E-state index in [2.05, 4.69) is 29.0 Å². The molecule has 0 bridgehead atoms. The third-order valence-corrected chi connectivity index (χ3v) is 3.81. The second-order valence-corrected chi connectivity index (χ2v) is 5.11. The number of rotatable bonds is 2. The van der Waals surface area contributed by atoms with Gasteiger partial charge in [0.15, 0.2) is 0 Å². The Labute approximate surface area is 106 Å². The predicted molar refractivity (Wildman–Crippen MR) is 69.0 cm³/mol. The molecule has 92 valence electrons. The molecule has 1 aromatic heterocycles. The zero-order chi connectivity index (χ0) is 12.1. The minimum absolute atomic E-state index is 0.0801. The number of aliphatic hydroxyl groups is 1. The molecule has 1 fully saturated rings. The molecule has 1 atom stereocenters. The first kappa shape index (κ1) is 12.6. The van der Waals surface area contributed by atoms with Crippen LogP contribution in [0.5, 0.6) is 0 Å². The zero-order valence-corrected chi connectivity index (χ0v) is 10.8. The van der Waals surface area contributed by atoms with Crippen molar-refractivity contribution in [2.75, 3.05) is 26.4 Å². The highest BCUT2D eigenvalue weighted by atomic mass is 32.1. The summed E-state index contributed by atoms with van der Waals surface area (Å²) in [5, 5.41) is 10.8. The van der Waals surface area contributed by atoms with Crippen molar-refractivity contribution in [3.05, 3.63) is 21.9 Å². The van der Waals surface area contributed by atoms with E-state index in [1.54, 1.807) is 11.3 Å². The molecule has 1 N–H and O–H groups in total. The summed E-state index contributed by atoms with van der Waals surface area (Å²) in [4.78, 5) is 3.69. The molecule has 2 rings (SSSR count). The molecule has 17 heavy (non-hydrogen) atoms. The van der Waals surface area contributed by atoms with Crippen molar-refractivity contribution >= 4 is 11.3 Å². The summed E-state index contributed by atoms with van der Waals surface area (Å²) < 4.78 is 5.43. The van der Waals surface area contributed by atoms with Gasteiger partial charge in [0.25, 0.3) is 0 Å². The minimum atomic E-state index is -0.0801. The summed E-state index contributed by atoms with van der Waals surface area (Å²) in [6.07, 6.45) is 0. The molecule has 1 unspecified atom stereocenters. The lowest BCUT2D eigenvalue weighted by Gasteiger charge is -2.32. The fourth-order valence-electron chi connectivity index (χ4n) is 1.89. The number of aliphatic hydroxyl groups excluding tert-OH is 1. The van der Waals surface area contributed by atoms with Gasteiger partial charge >= 0.3 is 0 Å². The van der Waals surface area contributed by atoms with Crippen molar-refractivity contribution in [2.24, 2.45) is 0 Å². The number of hydrogen-bond acceptors (Lipinski definition) is 4. The summed E-state index contributed by atoms with van der Waals surface area (Å²) >= 11 is 1.73. The number of ether oxygens (including phenoxy) is 1. The van der Waals surface area contributed by atoms with E-state index in [4.69, 9.17) is 9.84 Å². The third-order valence-electron chi connectivity index (χ3n) is 2.90. The van der Waals surface area contributed by atoms with Crippen molar-refractivity contribution < 1.29 is 9.84 Å². The zero-order valence-electron chi connectivity index (χ0n) is 9.98. The molecule has 0 aliphatic carbocycles. The standard InChI is InChI=1S/C13H17NO2S/c1-11-10-16-7-5-14(11)9-13-12(3-2-6-15)4-8-17-13/h4,8,11,15H,5-7,9-10H2,1H3. The smallest absolute Gasteiger partial charge is 0.104 e. The number of nitrogens with zero attached hydrogens (tertiary/aromatic N) is 1. The van der Waals surface area contributed by atoms with Crippen LogP contribution in [0.2, 0.25) is 0 Å². The molecule has 1 aliphatic heterocycles. The first-order valence-corrected chi connectivity index (χ1v) is 6.67. The van der Waals surface area contributed by atoms with E-state index in [-0.39, 0.29) is 6.61 Å². The van der Waals surface area contributed by atoms with E-state index in [0.717, 1.165) is 31.9 Å². The molecule has 4 heteroatoms. The lowest BCUT2D eigenvalue weighted by atomic mass is 10.2. The molecule has 0 spiro atoms. The van der Waals surface area contributed by atoms with Gasteiger partial charge in [0.1, 0.15) is 6.61 Å². The summed E-state index contributed by atoms with van der Waals surface area (Å²) in [5.74, 6) is 5.71. The van der Waals surface area contributed by atoms with Crippen molar-refractivity contribution in [2.45, 2.75) is 19.5 Å². The molecule has 3 nitrogen and oxygen atoms in total. The highest BCUT2D eigenvalue weighted by Crippen LogP contribution is 2.20. The van der Waals surface area contributed by atoms with E-state index in [1.807, 2.05) is 6.07 Å². The van der Waals surface area contributed by atoms with Gasteiger partial charge in [-0.3, -0.25) is 4.90 Å². The molecule has 2 heterocycles. The van der Waals surface area contributed by atoms with Gasteiger partial charge in [-0.1, -0.05) is 11.8 Å². The van der Waals surface area contributed by atoms with Gasteiger partial charge in [0.05, 0.1) is 13.2 Å². The molecule has 1 aliphatic rings. The average Bonchev–Trinajstić information content (AvgIpc) is 2.77. The third kappa shape index (κ3) is 3.30.